The Morgan fingerprint density at radius 2 is 2.23 bits per heavy atom. The van der Waals surface area contributed by atoms with Gasteiger partial charge in [0.05, 0.1) is 32.9 Å². The number of ether oxygens (including phenoxy) is 3. The first-order valence-corrected chi connectivity index (χ1v) is 8.93. The zero-order chi connectivity index (χ0) is 18.0. The fraction of sp³-hybridized carbons (Fsp3) is 0.526. The Morgan fingerprint density at radius 1 is 1.35 bits per heavy atom. The molecule has 4 rings (SSSR count). The molecule has 0 unspecified atom stereocenters. The van der Waals surface area contributed by atoms with E-state index in [1.54, 1.807) is 7.11 Å². The lowest BCUT2D eigenvalue weighted by Gasteiger charge is -2.53. The summed E-state index contributed by atoms with van der Waals surface area (Å²) in [5.41, 5.74) is 2.23. The van der Waals surface area contributed by atoms with Crippen LogP contribution in [0.2, 0.25) is 0 Å². The molecule has 2 aliphatic heterocycles. The fourth-order valence-electron chi connectivity index (χ4n) is 3.63. The van der Waals surface area contributed by atoms with Gasteiger partial charge in [0.2, 0.25) is 5.88 Å². The molecule has 1 atom stereocenters. The van der Waals surface area contributed by atoms with Crippen LogP contribution < -0.4 is 9.64 Å². The van der Waals surface area contributed by atoms with E-state index in [1.165, 1.54) is 11.9 Å². The predicted octanol–water partition coefficient (Wildman–Crippen LogP) is 2.14. The Hall–Kier alpha value is -2.25. The third-order valence-electron chi connectivity index (χ3n) is 5.19. The van der Waals surface area contributed by atoms with Crippen LogP contribution >= 0.6 is 0 Å². The molecule has 0 amide bonds. The molecule has 0 aliphatic carbocycles. The topological polar surface area (TPSA) is 69.6 Å². The van der Waals surface area contributed by atoms with Crippen LogP contribution in [-0.4, -0.2) is 53.5 Å². The Balaban J connectivity index is 1.33. The van der Waals surface area contributed by atoms with Crippen molar-refractivity contribution in [3.8, 4) is 5.88 Å². The normalized spacial score (nSPS) is 21.5. The van der Waals surface area contributed by atoms with Crippen LogP contribution in [0.4, 0.5) is 5.82 Å². The largest absolute Gasteiger partial charge is 0.481 e. The molecule has 0 saturated carbocycles. The van der Waals surface area contributed by atoms with Crippen molar-refractivity contribution >= 4 is 5.82 Å². The highest BCUT2D eigenvalue weighted by atomic mass is 16.5. The van der Waals surface area contributed by atoms with E-state index in [1.807, 2.05) is 24.5 Å². The van der Waals surface area contributed by atoms with Crippen molar-refractivity contribution in [1.82, 2.24) is 15.0 Å². The zero-order valence-electron chi connectivity index (χ0n) is 15.2. The van der Waals surface area contributed by atoms with Gasteiger partial charge in [0.1, 0.15) is 17.7 Å². The van der Waals surface area contributed by atoms with Crippen molar-refractivity contribution in [2.75, 3.05) is 31.7 Å². The minimum Gasteiger partial charge on any atom is -0.481 e. The molecule has 26 heavy (non-hydrogen) atoms. The van der Waals surface area contributed by atoms with E-state index in [4.69, 9.17) is 14.2 Å². The smallest absolute Gasteiger partial charge is 0.218 e. The van der Waals surface area contributed by atoms with E-state index in [0.29, 0.717) is 12.5 Å². The van der Waals surface area contributed by atoms with Crippen molar-refractivity contribution in [2.24, 2.45) is 0 Å². The number of pyridine rings is 1. The summed E-state index contributed by atoms with van der Waals surface area (Å²) in [4.78, 5) is 14.8. The summed E-state index contributed by atoms with van der Waals surface area (Å²) in [6, 6.07) is 3.87. The molecular weight excluding hydrogens is 332 g/mol. The maximum atomic E-state index is 6.17. The van der Waals surface area contributed by atoms with Gasteiger partial charge in [-0.05, 0) is 30.5 Å². The summed E-state index contributed by atoms with van der Waals surface area (Å²) in [7, 11) is 1.61. The number of aromatic nitrogens is 3. The third kappa shape index (κ3) is 3.50. The number of hydrogen-bond acceptors (Lipinski definition) is 7. The van der Waals surface area contributed by atoms with Gasteiger partial charge >= 0.3 is 0 Å². The number of anilines is 1. The highest BCUT2D eigenvalue weighted by molar-refractivity contribution is 5.45. The molecule has 2 aromatic heterocycles. The lowest BCUT2D eigenvalue weighted by molar-refractivity contribution is -0.148. The molecule has 0 N–H and O–H groups in total. The van der Waals surface area contributed by atoms with Gasteiger partial charge in [-0.15, -0.1) is 0 Å². The van der Waals surface area contributed by atoms with Crippen LogP contribution in [0.25, 0.3) is 0 Å². The minimum atomic E-state index is -0.134. The van der Waals surface area contributed by atoms with E-state index >= 15 is 0 Å². The van der Waals surface area contributed by atoms with Crippen molar-refractivity contribution in [3.63, 3.8) is 0 Å². The minimum absolute atomic E-state index is 0.134. The van der Waals surface area contributed by atoms with E-state index in [9.17, 15) is 0 Å². The number of rotatable bonds is 5. The molecule has 2 saturated heterocycles. The Bertz CT molecular complexity index is 764. The first-order chi connectivity index (χ1) is 12.7. The van der Waals surface area contributed by atoms with Crippen LogP contribution in [-0.2, 0) is 16.1 Å². The van der Waals surface area contributed by atoms with Gasteiger partial charge in [-0.1, -0.05) is 0 Å². The molecule has 0 radical (unpaired) electrons. The number of aryl methyl sites for hydroxylation is 1. The molecule has 7 nitrogen and oxygen atoms in total. The lowest BCUT2D eigenvalue weighted by atomic mass is 9.84. The van der Waals surface area contributed by atoms with E-state index < -0.39 is 0 Å². The average Bonchev–Trinajstić information content (AvgIpc) is 2.65. The van der Waals surface area contributed by atoms with Gasteiger partial charge in [-0.3, -0.25) is 4.98 Å². The van der Waals surface area contributed by atoms with Gasteiger partial charge in [0, 0.05) is 31.5 Å². The molecule has 1 spiro atoms. The summed E-state index contributed by atoms with van der Waals surface area (Å²) in [5, 5.41) is 0. The van der Waals surface area contributed by atoms with E-state index in [0.717, 1.165) is 43.9 Å². The maximum Gasteiger partial charge on any atom is 0.218 e. The standard InChI is InChI=1S/C19H24N4O3/c1-14-3-5-20-9-15(14)10-25-16-4-6-26-19(8-16)11-23(12-19)17-7-18(24-2)22-13-21-17/h3,5,7,9,13,16H,4,6,8,10-12H2,1-2H3/t16-/m0/s1. The van der Waals surface area contributed by atoms with Gasteiger partial charge < -0.3 is 19.1 Å². The lowest BCUT2D eigenvalue weighted by Crippen LogP contribution is -2.66. The maximum absolute atomic E-state index is 6.17. The van der Waals surface area contributed by atoms with Crippen molar-refractivity contribution in [2.45, 2.75) is 38.1 Å². The van der Waals surface area contributed by atoms with Crippen molar-refractivity contribution in [3.05, 3.63) is 42.0 Å². The highest BCUT2D eigenvalue weighted by Gasteiger charge is 2.48. The molecule has 2 aromatic rings. The first-order valence-electron chi connectivity index (χ1n) is 8.93. The van der Waals surface area contributed by atoms with Crippen LogP contribution in [0, 0.1) is 6.92 Å². The molecule has 4 heterocycles. The Kier molecular flexibility index (Phi) is 4.74. The third-order valence-corrected chi connectivity index (χ3v) is 5.19. The number of methoxy groups -OCH3 is 1. The quantitative estimate of drug-likeness (QED) is 0.813. The molecular formula is C19H24N4O3. The van der Waals surface area contributed by atoms with Crippen LogP contribution in [0.5, 0.6) is 5.88 Å². The average molecular weight is 356 g/mol. The molecule has 2 aliphatic rings. The van der Waals surface area contributed by atoms with Crippen molar-refractivity contribution < 1.29 is 14.2 Å². The zero-order valence-corrected chi connectivity index (χ0v) is 15.2. The summed E-state index contributed by atoms with van der Waals surface area (Å²) in [6.45, 7) is 5.06. The predicted molar refractivity (Wildman–Crippen MR) is 96.3 cm³/mol. The van der Waals surface area contributed by atoms with Crippen LogP contribution in [0.15, 0.2) is 30.9 Å². The van der Waals surface area contributed by atoms with Crippen molar-refractivity contribution in [1.29, 1.82) is 0 Å². The second-order valence-corrected chi connectivity index (χ2v) is 7.03. The molecule has 138 valence electrons. The molecule has 0 aromatic carbocycles. The van der Waals surface area contributed by atoms with Gasteiger partial charge in [0.25, 0.3) is 0 Å². The summed E-state index contributed by atoms with van der Waals surface area (Å²) < 4.78 is 17.5. The number of hydrogen-bond donors (Lipinski definition) is 0. The van der Waals surface area contributed by atoms with E-state index in [-0.39, 0.29) is 11.7 Å². The number of nitrogens with zero attached hydrogens (tertiary/aromatic N) is 4. The van der Waals surface area contributed by atoms with Crippen LogP contribution in [0.1, 0.15) is 24.0 Å². The Morgan fingerprint density at radius 3 is 3.04 bits per heavy atom. The van der Waals surface area contributed by atoms with E-state index in [2.05, 4.69) is 26.8 Å². The highest BCUT2D eigenvalue weighted by Crippen LogP contribution is 2.37. The Labute approximate surface area is 153 Å². The van der Waals surface area contributed by atoms with Gasteiger partial charge in [-0.2, -0.15) is 0 Å². The fourth-order valence-corrected chi connectivity index (χ4v) is 3.63. The van der Waals surface area contributed by atoms with Gasteiger partial charge in [0.15, 0.2) is 0 Å². The first kappa shape index (κ1) is 17.2. The monoisotopic (exact) mass is 356 g/mol. The summed E-state index contributed by atoms with van der Waals surface area (Å²) in [6.07, 6.45) is 7.28. The van der Waals surface area contributed by atoms with Crippen LogP contribution in [0.3, 0.4) is 0 Å². The second-order valence-electron chi connectivity index (χ2n) is 7.03. The SMILES string of the molecule is COc1cc(N2CC3(C[C@@H](OCc4cnccc4C)CCO3)C2)ncn1. The molecule has 0 bridgehead atoms. The molecule has 7 heteroatoms. The second kappa shape index (κ2) is 7.17. The summed E-state index contributed by atoms with van der Waals surface area (Å²) in [5.74, 6) is 1.45. The van der Waals surface area contributed by atoms with Gasteiger partial charge in [-0.25, -0.2) is 9.97 Å². The summed E-state index contributed by atoms with van der Waals surface area (Å²) >= 11 is 0. The molecule has 2 fully saturated rings.